The van der Waals surface area contributed by atoms with Crippen molar-refractivity contribution in [1.82, 2.24) is 5.32 Å². The van der Waals surface area contributed by atoms with Gasteiger partial charge in [-0.3, -0.25) is 4.79 Å². The molecule has 21 heavy (non-hydrogen) atoms. The molecule has 4 heteroatoms. The molecule has 0 bridgehead atoms. The number of ether oxygens (including phenoxy) is 2. The first-order valence-corrected chi connectivity index (χ1v) is 6.97. The third-order valence-electron chi connectivity index (χ3n) is 3.40. The lowest BCUT2D eigenvalue weighted by Crippen LogP contribution is -2.65. The van der Waals surface area contributed by atoms with Gasteiger partial charge in [0.25, 0.3) is 5.91 Å². The fourth-order valence-electron chi connectivity index (χ4n) is 2.21. The van der Waals surface area contributed by atoms with Crippen molar-refractivity contribution in [1.29, 1.82) is 0 Å². The molecule has 1 aliphatic heterocycles. The zero-order valence-corrected chi connectivity index (χ0v) is 11.6. The minimum absolute atomic E-state index is 0.0763. The van der Waals surface area contributed by atoms with E-state index in [-0.39, 0.29) is 11.9 Å². The van der Waals surface area contributed by atoms with Gasteiger partial charge in [-0.25, -0.2) is 0 Å². The number of amides is 1. The van der Waals surface area contributed by atoms with Gasteiger partial charge in [0.1, 0.15) is 12.4 Å². The summed E-state index contributed by atoms with van der Waals surface area (Å²) in [6.45, 7) is 0.843. The Morgan fingerprint density at radius 1 is 0.952 bits per heavy atom. The van der Waals surface area contributed by atoms with Crippen molar-refractivity contribution in [3.8, 4) is 5.75 Å². The molecular weight excluding hydrogens is 266 g/mol. The van der Waals surface area contributed by atoms with Crippen molar-refractivity contribution in [2.75, 3.05) is 6.61 Å². The lowest BCUT2D eigenvalue weighted by atomic mass is 10.0. The Bertz CT molecular complexity index is 585. The van der Waals surface area contributed by atoms with Crippen molar-refractivity contribution in [3.05, 3.63) is 66.2 Å². The van der Waals surface area contributed by atoms with Crippen LogP contribution in [0.25, 0.3) is 0 Å². The maximum absolute atomic E-state index is 11.6. The summed E-state index contributed by atoms with van der Waals surface area (Å²) in [5.74, 6) is 0.716. The summed E-state index contributed by atoms with van der Waals surface area (Å²) in [6, 6.07) is 19.3. The van der Waals surface area contributed by atoms with Gasteiger partial charge in [-0.1, -0.05) is 48.5 Å². The predicted molar refractivity (Wildman–Crippen MR) is 78.9 cm³/mol. The molecule has 2 atom stereocenters. The maximum Gasteiger partial charge on any atom is 0.251 e. The molecule has 0 saturated carbocycles. The number of para-hydroxylation sites is 1. The summed E-state index contributed by atoms with van der Waals surface area (Å²) in [6.07, 6.45) is -0.436. The summed E-state index contributed by atoms with van der Waals surface area (Å²) in [4.78, 5) is 11.6. The Morgan fingerprint density at radius 3 is 2.29 bits per heavy atom. The average Bonchev–Trinajstić information content (AvgIpc) is 2.53. The van der Waals surface area contributed by atoms with Crippen LogP contribution in [0.1, 0.15) is 5.56 Å². The third-order valence-corrected chi connectivity index (χ3v) is 3.40. The highest BCUT2D eigenvalue weighted by Gasteiger charge is 2.40. The molecule has 0 radical (unpaired) electrons. The van der Waals surface area contributed by atoms with Crippen molar-refractivity contribution in [2.24, 2.45) is 0 Å². The largest absolute Gasteiger partial charge is 0.491 e. The number of carbonyl (C=O) groups excluding carboxylic acids is 1. The molecule has 2 aromatic rings. The normalized spacial score (nSPS) is 20.5. The standard InChI is InChI=1S/C17H17NO3/c19-17-16(21-11-13-7-3-1-4-8-13)15(18-17)12-20-14-9-5-2-6-10-14/h1-10,15-16H,11-12H2,(H,18,19)/t15-,16+/m0/s1. The fraction of sp³-hybridized carbons (Fsp3) is 0.235. The van der Waals surface area contributed by atoms with E-state index in [1.807, 2.05) is 60.7 Å². The second-order valence-electron chi connectivity index (χ2n) is 4.96. The van der Waals surface area contributed by atoms with Crippen LogP contribution in [-0.2, 0) is 16.1 Å². The number of benzene rings is 2. The Morgan fingerprint density at radius 2 is 1.62 bits per heavy atom. The minimum atomic E-state index is -0.436. The van der Waals surface area contributed by atoms with Gasteiger partial charge in [0.05, 0.1) is 12.6 Å². The first-order chi connectivity index (χ1) is 10.3. The van der Waals surface area contributed by atoms with Crippen LogP contribution in [0.5, 0.6) is 5.75 Å². The molecule has 1 amide bonds. The van der Waals surface area contributed by atoms with Crippen LogP contribution in [0.15, 0.2) is 60.7 Å². The molecule has 1 heterocycles. The van der Waals surface area contributed by atoms with Gasteiger partial charge in [0.15, 0.2) is 6.10 Å². The number of hydrogen-bond acceptors (Lipinski definition) is 3. The molecule has 1 fully saturated rings. The summed E-state index contributed by atoms with van der Waals surface area (Å²) < 4.78 is 11.3. The molecule has 1 aliphatic rings. The van der Waals surface area contributed by atoms with Crippen LogP contribution >= 0.6 is 0 Å². The van der Waals surface area contributed by atoms with Gasteiger partial charge in [0.2, 0.25) is 0 Å². The molecule has 0 spiro atoms. The van der Waals surface area contributed by atoms with Gasteiger partial charge < -0.3 is 14.8 Å². The highest BCUT2D eigenvalue weighted by molar-refractivity contribution is 5.88. The second kappa shape index (κ2) is 6.41. The van der Waals surface area contributed by atoms with Crippen LogP contribution < -0.4 is 10.1 Å². The number of carbonyl (C=O) groups is 1. The smallest absolute Gasteiger partial charge is 0.251 e. The van der Waals surface area contributed by atoms with E-state index in [0.29, 0.717) is 13.2 Å². The van der Waals surface area contributed by atoms with Gasteiger partial charge >= 0.3 is 0 Å². The average molecular weight is 283 g/mol. The van der Waals surface area contributed by atoms with Crippen molar-refractivity contribution < 1.29 is 14.3 Å². The van der Waals surface area contributed by atoms with Crippen molar-refractivity contribution in [3.63, 3.8) is 0 Å². The quantitative estimate of drug-likeness (QED) is 0.826. The van der Waals surface area contributed by atoms with Crippen LogP contribution in [0.2, 0.25) is 0 Å². The van der Waals surface area contributed by atoms with Gasteiger partial charge in [-0.2, -0.15) is 0 Å². The van der Waals surface area contributed by atoms with Crippen molar-refractivity contribution in [2.45, 2.75) is 18.8 Å². The molecule has 1 N–H and O–H groups in total. The summed E-state index contributed by atoms with van der Waals surface area (Å²) >= 11 is 0. The highest BCUT2D eigenvalue weighted by Crippen LogP contribution is 2.16. The first-order valence-electron chi connectivity index (χ1n) is 6.97. The summed E-state index contributed by atoms with van der Waals surface area (Å²) in [5.41, 5.74) is 1.06. The van der Waals surface area contributed by atoms with Crippen LogP contribution in [0.3, 0.4) is 0 Å². The van der Waals surface area contributed by atoms with E-state index in [1.165, 1.54) is 0 Å². The SMILES string of the molecule is O=C1N[C@@H](COc2ccccc2)[C@H]1OCc1ccccc1. The Balaban J connectivity index is 1.49. The second-order valence-corrected chi connectivity index (χ2v) is 4.96. The predicted octanol–water partition coefficient (Wildman–Crippen LogP) is 2.15. The van der Waals surface area contributed by atoms with Crippen LogP contribution in [-0.4, -0.2) is 24.7 Å². The van der Waals surface area contributed by atoms with E-state index in [9.17, 15) is 4.79 Å². The highest BCUT2D eigenvalue weighted by atomic mass is 16.5. The zero-order valence-electron chi connectivity index (χ0n) is 11.6. The van der Waals surface area contributed by atoms with Crippen LogP contribution in [0, 0.1) is 0 Å². The molecule has 0 unspecified atom stereocenters. The maximum atomic E-state index is 11.6. The zero-order chi connectivity index (χ0) is 14.5. The first kappa shape index (κ1) is 13.6. The topological polar surface area (TPSA) is 47.6 Å². The summed E-state index contributed by atoms with van der Waals surface area (Å²) in [5, 5.41) is 2.81. The Hall–Kier alpha value is -2.33. The van der Waals surface area contributed by atoms with Gasteiger partial charge in [-0.05, 0) is 17.7 Å². The van der Waals surface area contributed by atoms with E-state index < -0.39 is 6.10 Å². The molecule has 108 valence electrons. The van der Waals surface area contributed by atoms with Gasteiger partial charge in [-0.15, -0.1) is 0 Å². The van der Waals surface area contributed by atoms with E-state index in [0.717, 1.165) is 11.3 Å². The molecule has 2 aromatic carbocycles. The third kappa shape index (κ3) is 3.41. The minimum Gasteiger partial charge on any atom is -0.491 e. The lowest BCUT2D eigenvalue weighted by molar-refractivity contribution is -0.151. The summed E-state index contributed by atoms with van der Waals surface area (Å²) in [7, 11) is 0. The Labute approximate surface area is 123 Å². The fourth-order valence-corrected chi connectivity index (χ4v) is 2.21. The van der Waals surface area contributed by atoms with E-state index >= 15 is 0 Å². The molecule has 0 aromatic heterocycles. The number of β-lactam (4-membered cyclic amide) rings is 1. The molecule has 3 rings (SSSR count). The van der Waals surface area contributed by atoms with Crippen LogP contribution in [0.4, 0.5) is 0 Å². The van der Waals surface area contributed by atoms with E-state index in [4.69, 9.17) is 9.47 Å². The molecule has 0 aliphatic carbocycles. The lowest BCUT2D eigenvalue weighted by Gasteiger charge is -2.36. The molecule has 1 saturated heterocycles. The van der Waals surface area contributed by atoms with Crippen molar-refractivity contribution >= 4 is 5.91 Å². The van der Waals surface area contributed by atoms with Gasteiger partial charge in [0, 0.05) is 0 Å². The number of rotatable bonds is 6. The van der Waals surface area contributed by atoms with E-state index in [1.54, 1.807) is 0 Å². The molecule has 4 nitrogen and oxygen atoms in total. The molecular formula is C17H17NO3. The Kier molecular flexibility index (Phi) is 4.17. The monoisotopic (exact) mass is 283 g/mol. The number of hydrogen-bond donors (Lipinski definition) is 1. The van der Waals surface area contributed by atoms with E-state index in [2.05, 4.69) is 5.32 Å². The number of nitrogens with one attached hydrogen (secondary N) is 1.